The molecule has 0 saturated heterocycles. The van der Waals surface area contributed by atoms with Gasteiger partial charge in [0.15, 0.2) is 0 Å². The predicted octanol–water partition coefficient (Wildman–Crippen LogP) is 5.96. The largest absolute Gasteiger partial charge is 0.497 e. The van der Waals surface area contributed by atoms with Gasteiger partial charge < -0.3 is 14.2 Å². The van der Waals surface area contributed by atoms with Crippen LogP contribution >= 0.6 is 11.6 Å². The summed E-state index contributed by atoms with van der Waals surface area (Å²) in [4.78, 5) is 20.8. The van der Waals surface area contributed by atoms with Crippen molar-refractivity contribution in [3.8, 4) is 34.5 Å². The van der Waals surface area contributed by atoms with Crippen molar-refractivity contribution >= 4 is 11.6 Å². The molecule has 0 aliphatic carbocycles. The van der Waals surface area contributed by atoms with Gasteiger partial charge in [0.2, 0.25) is 11.8 Å². The number of aromatic nitrogens is 3. The van der Waals surface area contributed by atoms with Crippen molar-refractivity contribution < 1.29 is 27.4 Å². The van der Waals surface area contributed by atoms with Crippen molar-refractivity contribution in [3.63, 3.8) is 0 Å². The maximum atomic E-state index is 13.1. The zero-order valence-corrected chi connectivity index (χ0v) is 20.8. The molecule has 11 heteroatoms. The minimum Gasteiger partial charge on any atom is -0.497 e. The number of halogens is 4. The smallest absolute Gasteiger partial charge is 0.417 e. The normalized spacial score (nSPS) is 12.4. The van der Waals surface area contributed by atoms with E-state index in [1.807, 2.05) is 18.2 Å². The zero-order chi connectivity index (χ0) is 26.9. The van der Waals surface area contributed by atoms with E-state index in [0.29, 0.717) is 19.4 Å². The number of methoxy groups -OCH3 is 1. The molecule has 0 atom stereocenters. The fraction of sp³-hybridized carbons (Fsp3) is 0.222. The molecule has 0 saturated carbocycles. The summed E-state index contributed by atoms with van der Waals surface area (Å²) in [5.74, 6) is 1.08. The second-order valence-electron chi connectivity index (χ2n) is 8.53. The lowest BCUT2D eigenvalue weighted by atomic mass is 9.97. The van der Waals surface area contributed by atoms with Crippen molar-refractivity contribution in [1.82, 2.24) is 14.5 Å². The van der Waals surface area contributed by atoms with Gasteiger partial charge in [-0.2, -0.15) is 18.2 Å². The SMILES string of the molecule is COc1ccc2c(c1)CCn1c-2cc(OCCc2ccc(Oc3ccc(Cl)c(C(F)(F)F)c3)nc2)nc1=O. The van der Waals surface area contributed by atoms with E-state index in [1.165, 1.54) is 12.3 Å². The van der Waals surface area contributed by atoms with Crippen molar-refractivity contribution in [2.75, 3.05) is 13.7 Å². The van der Waals surface area contributed by atoms with Gasteiger partial charge >= 0.3 is 11.9 Å². The van der Waals surface area contributed by atoms with Crippen LogP contribution in [-0.4, -0.2) is 28.3 Å². The molecule has 0 N–H and O–H groups in total. The summed E-state index contributed by atoms with van der Waals surface area (Å²) in [6.45, 7) is 0.759. The van der Waals surface area contributed by atoms with E-state index in [0.717, 1.165) is 40.3 Å². The third kappa shape index (κ3) is 5.45. The Bertz CT molecular complexity index is 1540. The molecule has 2 aromatic carbocycles. The van der Waals surface area contributed by atoms with E-state index in [4.69, 9.17) is 25.8 Å². The van der Waals surface area contributed by atoms with Gasteiger partial charge in [0.25, 0.3) is 0 Å². The number of hydrogen-bond donors (Lipinski definition) is 0. The number of ether oxygens (including phenoxy) is 3. The topological polar surface area (TPSA) is 75.5 Å². The van der Waals surface area contributed by atoms with E-state index in [2.05, 4.69) is 9.97 Å². The van der Waals surface area contributed by atoms with Gasteiger partial charge in [0.1, 0.15) is 11.5 Å². The summed E-state index contributed by atoms with van der Waals surface area (Å²) < 4.78 is 57.4. The molecule has 1 aliphatic rings. The summed E-state index contributed by atoms with van der Waals surface area (Å²) in [5.41, 5.74) is 2.20. The number of hydrogen-bond acceptors (Lipinski definition) is 6. The number of aryl methyl sites for hydroxylation is 1. The van der Waals surface area contributed by atoms with Crippen LogP contribution in [0.15, 0.2) is 65.6 Å². The molecule has 0 amide bonds. The third-order valence-corrected chi connectivity index (χ3v) is 6.41. The van der Waals surface area contributed by atoms with Crippen LogP contribution in [0.4, 0.5) is 13.2 Å². The van der Waals surface area contributed by atoms with E-state index in [-0.39, 0.29) is 29.8 Å². The molecule has 0 bridgehead atoms. The van der Waals surface area contributed by atoms with Gasteiger partial charge in [-0.1, -0.05) is 17.7 Å². The standard InChI is InChI=1S/C27H21ClF3N3O4/c1-36-18-3-5-20-17(12-18)8-10-34-23(20)14-25(33-26(34)35)37-11-9-16-2-7-24(32-15-16)38-19-4-6-22(28)21(13-19)27(29,30)31/h2-7,12-15H,8-11H2,1H3. The lowest BCUT2D eigenvalue weighted by molar-refractivity contribution is -0.137. The maximum Gasteiger partial charge on any atom is 0.417 e. The minimum absolute atomic E-state index is 0.0323. The molecule has 5 rings (SSSR count). The average molecular weight is 544 g/mol. The van der Waals surface area contributed by atoms with Crippen molar-refractivity contribution in [2.45, 2.75) is 25.6 Å². The first kappa shape index (κ1) is 25.6. The van der Waals surface area contributed by atoms with Crippen LogP contribution in [0, 0.1) is 0 Å². The Morgan fingerprint density at radius 1 is 1.03 bits per heavy atom. The number of benzene rings is 2. The molecule has 2 aromatic heterocycles. The lowest BCUT2D eigenvalue weighted by Crippen LogP contribution is -2.28. The Morgan fingerprint density at radius 2 is 1.84 bits per heavy atom. The molecule has 0 fully saturated rings. The minimum atomic E-state index is -4.59. The number of fused-ring (bicyclic) bond motifs is 3. The van der Waals surface area contributed by atoms with E-state index < -0.39 is 16.8 Å². The average Bonchev–Trinajstić information content (AvgIpc) is 2.89. The third-order valence-electron chi connectivity index (χ3n) is 6.08. The molecular formula is C27H21ClF3N3O4. The second kappa shape index (κ2) is 10.4. The van der Waals surface area contributed by atoms with E-state index >= 15 is 0 Å². The highest BCUT2D eigenvalue weighted by atomic mass is 35.5. The first-order valence-electron chi connectivity index (χ1n) is 11.6. The van der Waals surface area contributed by atoms with Gasteiger partial charge in [-0.3, -0.25) is 4.57 Å². The van der Waals surface area contributed by atoms with Crippen molar-refractivity contribution in [3.05, 3.63) is 93.0 Å². The highest BCUT2D eigenvalue weighted by molar-refractivity contribution is 6.31. The Hall–Kier alpha value is -4.05. The number of alkyl halides is 3. The Kier molecular flexibility index (Phi) is 6.98. The maximum absolute atomic E-state index is 13.1. The highest BCUT2D eigenvalue weighted by Crippen LogP contribution is 2.37. The van der Waals surface area contributed by atoms with Gasteiger partial charge in [-0.15, -0.1) is 0 Å². The van der Waals surface area contributed by atoms with Crippen LogP contribution in [0.3, 0.4) is 0 Å². The van der Waals surface area contributed by atoms with Crippen molar-refractivity contribution in [1.29, 1.82) is 0 Å². The van der Waals surface area contributed by atoms with E-state index in [9.17, 15) is 18.0 Å². The Labute approximate surface area is 220 Å². The highest BCUT2D eigenvalue weighted by Gasteiger charge is 2.33. The fourth-order valence-corrected chi connectivity index (χ4v) is 4.41. The van der Waals surface area contributed by atoms with Crippen LogP contribution in [0.25, 0.3) is 11.3 Å². The monoisotopic (exact) mass is 543 g/mol. The number of pyridine rings is 1. The van der Waals surface area contributed by atoms with Gasteiger partial charge in [-0.05, 0) is 53.9 Å². The Balaban J connectivity index is 1.23. The Morgan fingerprint density at radius 3 is 2.58 bits per heavy atom. The lowest BCUT2D eigenvalue weighted by Gasteiger charge is -2.22. The zero-order valence-electron chi connectivity index (χ0n) is 20.1. The molecule has 7 nitrogen and oxygen atoms in total. The molecule has 0 radical (unpaired) electrons. The van der Waals surface area contributed by atoms with Gasteiger partial charge in [-0.25, -0.2) is 9.78 Å². The van der Waals surface area contributed by atoms with E-state index in [1.54, 1.807) is 29.9 Å². The molecule has 4 aromatic rings. The second-order valence-corrected chi connectivity index (χ2v) is 8.94. The number of rotatable bonds is 7. The first-order valence-corrected chi connectivity index (χ1v) is 12.0. The summed E-state index contributed by atoms with van der Waals surface area (Å²) in [6.07, 6.45) is -1.89. The van der Waals surface area contributed by atoms with Gasteiger partial charge in [0.05, 0.1) is 30.0 Å². The molecule has 0 spiro atoms. The quantitative estimate of drug-likeness (QED) is 0.286. The molecular weight excluding hydrogens is 523 g/mol. The number of nitrogens with zero attached hydrogens (tertiary/aromatic N) is 3. The van der Waals surface area contributed by atoms with Crippen LogP contribution < -0.4 is 19.9 Å². The van der Waals surface area contributed by atoms with Crippen molar-refractivity contribution in [2.24, 2.45) is 0 Å². The summed E-state index contributed by atoms with van der Waals surface area (Å²) in [6, 6.07) is 14.1. The summed E-state index contributed by atoms with van der Waals surface area (Å²) in [7, 11) is 1.61. The predicted molar refractivity (Wildman–Crippen MR) is 134 cm³/mol. The summed E-state index contributed by atoms with van der Waals surface area (Å²) >= 11 is 5.64. The molecule has 0 unspecified atom stereocenters. The van der Waals surface area contributed by atoms with Crippen LogP contribution in [0.2, 0.25) is 5.02 Å². The molecule has 38 heavy (non-hydrogen) atoms. The summed E-state index contributed by atoms with van der Waals surface area (Å²) in [5, 5.41) is -0.409. The molecule has 196 valence electrons. The van der Waals surface area contributed by atoms with Crippen LogP contribution in [0.1, 0.15) is 16.7 Å². The van der Waals surface area contributed by atoms with Crippen LogP contribution in [0.5, 0.6) is 23.3 Å². The first-order chi connectivity index (χ1) is 18.2. The van der Waals surface area contributed by atoms with Crippen LogP contribution in [-0.2, 0) is 25.6 Å². The fourth-order valence-electron chi connectivity index (χ4n) is 4.18. The molecule has 3 heterocycles. The van der Waals surface area contributed by atoms with Gasteiger partial charge in [0, 0.05) is 36.9 Å². The molecule has 1 aliphatic heterocycles.